The zero-order chi connectivity index (χ0) is 19.3. The van der Waals surface area contributed by atoms with Crippen LogP contribution in [0, 0.1) is 13.8 Å². The van der Waals surface area contributed by atoms with Crippen molar-refractivity contribution in [3.63, 3.8) is 0 Å². The number of carbonyl (C=O) groups is 1. The van der Waals surface area contributed by atoms with Gasteiger partial charge < -0.3 is 14.2 Å². The second-order valence-electron chi connectivity index (χ2n) is 7.26. The first kappa shape index (κ1) is 17.9. The van der Waals surface area contributed by atoms with Crippen molar-refractivity contribution >= 4 is 5.78 Å². The number of nitrogens with zero attached hydrogens (tertiary/aromatic N) is 3. The van der Waals surface area contributed by atoms with Crippen LogP contribution in [0.25, 0.3) is 0 Å². The number of likely N-dealkylation sites (N-methyl/N-ethyl adjacent to an activating group) is 1. The van der Waals surface area contributed by atoms with Crippen LogP contribution in [0.15, 0.2) is 6.07 Å². The number of ketones is 1. The highest BCUT2D eigenvalue weighted by Crippen LogP contribution is 2.50. The number of hydrogen-bond acceptors (Lipinski definition) is 6. The van der Waals surface area contributed by atoms with Crippen LogP contribution in [0.2, 0.25) is 0 Å². The molecule has 0 fully saturated rings. The maximum Gasteiger partial charge on any atom is 0.231 e. The number of methoxy groups -OCH3 is 1. The molecule has 0 bridgehead atoms. The van der Waals surface area contributed by atoms with Gasteiger partial charge in [-0.3, -0.25) is 14.4 Å². The number of ether oxygens (including phenoxy) is 3. The van der Waals surface area contributed by atoms with Crippen LogP contribution in [0.5, 0.6) is 17.2 Å². The van der Waals surface area contributed by atoms with E-state index in [2.05, 4.69) is 10.00 Å². The van der Waals surface area contributed by atoms with Gasteiger partial charge in [0.1, 0.15) is 0 Å². The molecule has 2 aliphatic heterocycles. The molecule has 0 spiro atoms. The van der Waals surface area contributed by atoms with E-state index in [1.165, 1.54) is 0 Å². The summed E-state index contributed by atoms with van der Waals surface area (Å²) in [7, 11) is 5.55. The van der Waals surface area contributed by atoms with Gasteiger partial charge in [0.2, 0.25) is 12.5 Å². The van der Waals surface area contributed by atoms with E-state index in [4.69, 9.17) is 14.2 Å². The molecule has 0 radical (unpaired) electrons. The van der Waals surface area contributed by atoms with E-state index in [0.717, 1.165) is 46.8 Å². The Balaban J connectivity index is 1.75. The van der Waals surface area contributed by atoms with Crippen molar-refractivity contribution in [1.82, 2.24) is 14.7 Å². The molecule has 0 saturated carbocycles. The molecular formula is C20H25N3O4. The Labute approximate surface area is 158 Å². The van der Waals surface area contributed by atoms with Crippen molar-refractivity contribution in [3.05, 3.63) is 34.1 Å². The number of Topliss-reactive ketones (excluding diaryl/α,β-unsaturated/α-hetero) is 1. The van der Waals surface area contributed by atoms with Crippen molar-refractivity contribution in [3.8, 4) is 17.2 Å². The number of aryl methyl sites for hydroxylation is 2. The minimum Gasteiger partial charge on any atom is -0.492 e. The Kier molecular flexibility index (Phi) is 4.34. The number of aromatic nitrogens is 2. The number of rotatable bonds is 4. The standard InChI is InChI=1S/C20H25N3O4/c1-11-17(12(2)23(4)21-11)15(24)9-14-18-13(6-7-22(14)3)8-16-19(20(18)25-5)27-10-26-16/h8,14H,6-7,9-10H2,1-5H3/t14-/m0/s1. The lowest BCUT2D eigenvalue weighted by Gasteiger charge is -2.35. The maximum absolute atomic E-state index is 13.2. The average molecular weight is 371 g/mol. The van der Waals surface area contributed by atoms with E-state index < -0.39 is 0 Å². The SMILES string of the molecule is COc1c2c(cc3c1[C@H](CC(=O)c1c(C)nn(C)c1C)N(C)CC3)OCO2. The van der Waals surface area contributed by atoms with Crippen molar-refractivity contribution in [2.75, 3.05) is 27.5 Å². The normalized spacial score (nSPS) is 18.5. The lowest BCUT2D eigenvalue weighted by Crippen LogP contribution is -2.34. The van der Waals surface area contributed by atoms with E-state index in [-0.39, 0.29) is 18.6 Å². The van der Waals surface area contributed by atoms with Crippen molar-refractivity contribution in [2.24, 2.45) is 7.05 Å². The topological polar surface area (TPSA) is 65.8 Å². The molecule has 27 heavy (non-hydrogen) atoms. The van der Waals surface area contributed by atoms with Crippen LogP contribution in [0.3, 0.4) is 0 Å². The smallest absolute Gasteiger partial charge is 0.231 e. The summed E-state index contributed by atoms with van der Waals surface area (Å²) < 4.78 is 18.7. The van der Waals surface area contributed by atoms with E-state index in [1.54, 1.807) is 11.8 Å². The second-order valence-corrected chi connectivity index (χ2v) is 7.26. The first-order valence-electron chi connectivity index (χ1n) is 9.15. The highest BCUT2D eigenvalue weighted by Gasteiger charge is 2.35. The van der Waals surface area contributed by atoms with Gasteiger partial charge in [-0.1, -0.05) is 0 Å². The van der Waals surface area contributed by atoms with Crippen LogP contribution in [-0.2, 0) is 13.5 Å². The Morgan fingerprint density at radius 3 is 2.78 bits per heavy atom. The number of hydrogen-bond donors (Lipinski definition) is 0. The Hall–Kier alpha value is -2.54. The summed E-state index contributed by atoms with van der Waals surface area (Å²) in [6.45, 7) is 4.89. The van der Waals surface area contributed by atoms with Gasteiger partial charge in [-0.25, -0.2) is 0 Å². The predicted molar refractivity (Wildman–Crippen MR) is 99.8 cm³/mol. The average Bonchev–Trinajstić information content (AvgIpc) is 3.19. The largest absolute Gasteiger partial charge is 0.492 e. The highest BCUT2D eigenvalue weighted by atomic mass is 16.7. The zero-order valence-electron chi connectivity index (χ0n) is 16.5. The van der Waals surface area contributed by atoms with Gasteiger partial charge in [0.05, 0.1) is 18.4 Å². The minimum atomic E-state index is -0.0790. The Morgan fingerprint density at radius 1 is 1.33 bits per heavy atom. The summed E-state index contributed by atoms with van der Waals surface area (Å²) in [6.07, 6.45) is 1.25. The van der Waals surface area contributed by atoms with Crippen molar-refractivity contribution < 1.29 is 19.0 Å². The molecule has 144 valence electrons. The molecule has 1 aromatic carbocycles. The fraction of sp³-hybridized carbons (Fsp3) is 0.500. The highest BCUT2D eigenvalue weighted by molar-refractivity contribution is 5.98. The number of carbonyl (C=O) groups excluding carboxylic acids is 1. The number of benzene rings is 1. The fourth-order valence-corrected chi connectivity index (χ4v) is 4.24. The molecule has 2 aromatic rings. The molecule has 2 aliphatic rings. The van der Waals surface area contributed by atoms with Gasteiger partial charge in [-0.15, -0.1) is 0 Å². The van der Waals surface area contributed by atoms with Gasteiger partial charge >= 0.3 is 0 Å². The number of fused-ring (bicyclic) bond motifs is 2. The Morgan fingerprint density at radius 2 is 2.11 bits per heavy atom. The van der Waals surface area contributed by atoms with E-state index in [0.29, 0.717) is 17.9 Å². The molecule has 0 saturated heterocycles. The third kappa shape index (κ3) is 2.77. The van der Waals surface area contributed by atoms with Gasteiger partial charge in [-0.05, 0) is 38.9 Å². The maximum atomic E-state index is 13.2. The summed E-state index contributed by atoms with van der Waals surface area (Å²) in [4.78, 5) is 15.4. The molecule has 1 atom stereocenters. The van der Waals surface area contributed by atoms with Crippen molar-refractivity contribution in [2.45, 2.75) is 32.7 Å². The zero-order valence-corrected chi connectivity index (χ0v) is 16.5. The van der Waals surface area contributed by atoms with Crippen LogP contribution in [0.4, 0.5) is 0 Å². The van der Waals surface area contributed by atoms with E-state index >= 15 is 0 Å². The molecule has 7 heteroatoms. The quantitative estimate of drug-likeness (QED) is 0.770. The molecule has 0 unspecified atom stereocenters. The summed E-state index contributed by atoms with van der Waals surface area (Å²) in [5.41, 5.74) is 4.58. The fourth-order valence-electron chi connectivity index (χ4n) is 4.24. The van der Waals surface area contributed by atoms with E-state index in [9.17, 15) is 4.79 Å². The van der Waals surface area contributed by atoms with Gasteiger partial charge in [0, 0.05) is 37.3 Å². The van der Waals surface area contributed by atoms with Crippen LogP contribution in [0.1, 0.15) is 45.3 Å². The Bertz CT molecular complexity index is 919. The van der Waals surface area contributed by atoms with E-state index in [1.807, 2.05) is 34.0 Å². The van der Waals surface area contributed by atoms with Gasteiger partial charge in [0.25, 0.3) is 0 Å². The molecular weight excluding hydrogens is 346 g/mol. The van der Waals surface area contributed by atoms with Crippen LogP contribution >= 0.6 is 0 Å². The molecule has 0 N–H and O–H groups in total. The third-order valence-electron chi connectivity index (χ3n) is 5.71. The summed E-state index contributed by atoms with van der Waals surface area (Å²) >= 11 is 0. The van der Waals surface area contributed by atoms with Crippen LogP contribution < -0.4 is 14.2 Å². The molecule has 7 nitrogen and oxygen atoms in total. The lowest BCUT2D eigenvalue weighted by atomic mass is 9.87. The first-order valence-corrected chi connectivity index (χ1v) is 9.15. The second kappa shape index (κ2) is 6.56. The minimum absolute atomic E-state index is 0.0790. The van der Waals surface area contributed by atoms with Crippen LogP contribution in [-0.4, -0.2) is 48.0 Å². The summed E-state index contributed by atoms with van der Waals surface area (Å²) in [5.74, 6) is 2.14. The molecule has 0 amide bonds. The summed E-state index contributed by atoms with van der Waals surface area (Å²) in [6, 6.07) is 1.95. The molecule has 1 aromatic heterocycles. The molecule has 4 rings (SSSR count). The lowest BCUT2D eigenvalue weighted by molar-refractivity contribution is 0.0924. The first-order chi connectivity index (χ1) is 12.9. The molecule has 0 aliphatic carbocycles. The molecule has 3 heterocycles. The van der Waals surface area contributed by atoms with Gasteiger partial charge in [0.15, 0.2) is 17.3 Å². The third-order valence-corrected chi connectivity index (χ3v) is 5.71. The monoisotopic (exact) mass is 371 g/mol. The predicted octanol–water partition coefficient (Wildman–Crippen LogP) is 2.58. The summed E-state index contributed by atoms with van der Waals surface area (Å²) in [5, 5.41) is 4.39. The van der Waals surface area contributed by atoms with Gasteiger partial charge in [-0.2, -0.15) is 5.10 Å². The van der Waals surface area contributed by atoms with Crippen molar-refractivity contribution in [1.29, 1.82) is 0 Å².